The molecule has 0 aromatic heterocycles. The summed E-state index contributed by atoms with van der Waals surface area (Å²) in [6.07, 6.45) is 0. The average Bonchev–Trinajstić information content (AvgIpc) is 2.00. The Kier molecular flexibility index (Phi) is 4.58. The number of carboxylic acid groups (broad SMARTS) is 1. The fourth-order valence-electron chi connectivity index (χ4n) is 0.332. The quantitative estimate of drug-likeness (QED) is 0.596. The zero-order valence-electron chi connectivity index (χ0n) is 6.56. The predicted molar refractivity (Wildman–Crippen MR) is 47.5 cm³/mol. The number of carbonyl (C=O) groups is 1. The Morgan fingerprint density at radius 1 is 1.67 bits per heavy atom. The first-order valence-corrected chi connectivity index (χ1v) is 6.40. The summed E-state index contributed by atoms with van der Waals surface area (Å²) in [4.78, 5) is 10.2. The summed E-state index contributed by atoms with van der Waals surface area (Å²) in [7, 11) is -2.59. The molecule has 1 atom stereocenters. The maximum Gasteiger partial charge on any atom is 0.321 e. The summed E-state index contributed by atoms with van der Waals surface area (Å²) >= 11 is 0. The second-order valence-corrected chi connectivity index (χ2v) is 6.57. The lowest BCUT2D eigenvalue weighted by Crippen LogP contribution is -2.32. The molecule has 0 aromatic rings. The maximum atomic E-state index is 10.8. The Morgan fingerprint density at radius 2 is 2.17 bits per heavy atom. The Hall–Kier alpha value is -0.270. The smallest absolute Gasteiger partial charge is 0.321 e. The van der Waals surface area contributed by atoms with Gasteiger partial charge in [-0.25, -0.2) is 8.42 Å². The van der Waals surface area contributed by atoms with E-state index >= 15 is 0 Å². The Morgan fingerprint density at radius 3 is 2.50 bits per heavy atom. The summed E-state index contributed by atoms with van der Waals surface area (Å²) in [5.41, 5.74) is 5.09. The third-order valence-corrected chi connectivity index (χ3v) is 4.85. The summed E-state index contributed by atoms with van der Waals surface area (Å²) in [5.74, 6) is -1.30. The summed E-state index contributed by atoms with van der Waals surface area (Å²) < 4.78 is 21.7. The van der Waals surface area contributed by atoms with Crippen LogP contribution in [0, 0.1) is 0 Å². The SMILES string of the molecule is CCS(=O)(=O)SCC(N)C(=O)O. The van der Waals surface area contributed by atoms with Crippen LogP contribution < -0.4 is 5.73 Å². The van der Waals surface area contributed by atoms with Crippen molar-refractivity contribution < 1.29 is 18.3 Å². The summed E-state index contributed by atoms with van der Waals surface area (Å²) in [5, 5.41) is 8.32. The number of hydrogen-bond donors (Lipinski definition) is 2. The predicted octanol–water partition coefficient (Wildman–Crippen LogP) is -0.519. The minimum atomic E-state index is -3.17. The van der Waals surface area contributed by atoms with Crippen molar-refractivity contribution in [1.29, 1.82) is 0 Å². The highest BCUT2D eigenvalue weighted by Crippen LogP contribution is 2.13. The van der Waals surface area contributed by atoms with Gasteiger partial charge in [0.15, 0.2) is 0 Å². The largest absolute Gasteiger partial charge is 0.480 e. The normalized spacial score (nSPS) is 14.2. The first kappa shape index (κ1) is 11.7. The fraction of sp³-hybridized carbons (Fsp3) is 0.800. The van der Waals surface area contributed by atoms with Gasteiger partial charge >= 0.3 is 5.97 Å². The molecule has 7 heteroatoms. The van der Waals surface area contributed by atoms with Crippen LogP contribution in [0.1, 0.15) is 6.92 Å². The standard InChI is InChI=1S/C5H11NO4S2/c1-2-12(9,10)11-3-4(6)5(7)8/h4H,2-3,6H2,1H3,(H,7,8). The lowest BCUT2D eigenvalue weighted by Gasteiger charge is -2.04. The van der Waals surface area contributed by atoms with E-state index in [-0.39, 0.29) is 11.5 Å². The third kappa shape index (κ3) is 4.58. The first-order valence-electron chi connectivity index (χ1n) is 3.24. The molecule has 1 unspecified atom stereocenters. The number of carboxylic acids is 1. The van der Waals surface area contributed by atoms with E-state index in [2.05, 4.69) is 0 Å². The second-order valence-electron chi connectivity index (χ2n) is 2.08. The van der Waals surface area contributed by atoms with Crippen LogP contribution in [0.2, 0.25) is 0 Å². The molecular weight excluding hydrogens is 202 g/mol. The fourth-order valence-corrected chi connectivity index (χ4v) is 2.56. The lowest BCUT2D eigenvalue weighted by molar-refractivity contribution is -0.137. The summed E-state index contributed by atoms with van der Waals surface area (Å²) in [6, 6.07) is -1.11. The van der Waals surface area contributed by atoms with Crippen molar-refractivity contribution >= 4 is 25.6 Å². The van der Waals surface area contributed by atoms with Crippen LogP contribution in [0.4, 0.5) is 0 Å². The van der Waals surface area contributed by atoms with Crippen LogP contribution in [0.25, 0.3) is 0 Å². The molecule has 0 radical (unpaired) electrons. The van der Waals surface area contributed by atoms with Crippen LogP contribution >= 0.6 is 10.8 Å². The number of hydrogen-bond acceptors (Lipinski definition) is 5. The highest BCUT2D eigenvalue weighted by Gasteiger charge is 2.16. The topological polar surface area (TPSA) is 97.5 Å². The Bertz CT molecular complexity index is 248. The van der Waals surface area contributed by atoms with Gasteiger partial charge in [-0.3, -0.25) is 4.79 Å². The van der Waals surface area contributed by atoms with Gasteiger partial charge in [0.25, 0.3) is 0 Å². The van der Waals surface area contributed by atoms with Gasteiger partial charge in [-0.05, 0) is 10.8 Å². The highest BCUT2D eigenvalue weighted by molar-refractivity contribution is 8.72. The monoisotopic (exact) mass is 213 g/mol. The van der Waals surface area contributed by atoms with Gasteiger partial charge in [0.2, 0.25) is 8.87 Å². The molecule has 0 saturated heterocycles. The molecule has 3 N–H and O–H groups in total. The molecule has 0 amide bonds. The van der Waals surface area contributed by atoms with E-state index in [1.165, 1.54) is 6.92 Å². The maximum absolute atomic E-state index is 10.8. The van der Waals surface area contributed by atoms with Gasteiger partial charge in [-0.15, -0.1) is 0 Å². The van der Waals surface area contributed by atoms with Gasteiger partial charge in [0.05, 0.1) is 5.75 Å². The van der Waals surface area contributed by atoms with E-state index in [0.717, 1.165) is 0 Å². The molecule has 0 fully saturated rings. The molecule has 0 aliphatic heterocycles. The van der Waals surface area contributed by atoms with E-state index in [4.69, 9.17) is 10.8 Å². The molecule has 12 heavy (non-hydrogen) atoms. The van der Waals surface area contributed by atoms with Gasteiger partial charge in [-0.2, -0.15) is 0 Å². The molecule has 0 aliphatic carbocycles. The molecule has 72 valence electrons. The summed E-state index contributed by atoms with van der Waals surface area (Å²) in [6.45, 7) is 1.49. The van der Waals surface area contributed by atoms with Crippen LogP contribution in [-0.4, -0.2) is 37.0 Å². The van der Waals surface area contributed by atoms with Crippen molar-refractivity contribution in [2.24, 2.45) is 5.73 Å². The van der Waals surface area contributed by atoms with E-state index in [9.17, 15) is 13.2 Å². The van der Waals surface area contributed by atoms with E-state index in [0.29, 0.717) is 10.8 Å². The third-order valence-electron chi connectivity index (χ3n) is 1.10. The van der Waals surface area contributed by atoms with Crippen molar-refractivity contribution in [3.8, 4) is 0 Å². The first-order chi connectivity index (χ1) is 5.39. The average molecular weight is 213 g/mol. The van der Waals surface area contributed by atoms with Crippen LogP contribution in [0.3, 0.4) is 0 Å². The molecule has 0 spiro atoms. The molecule has 5 nitrogen and oxygen atoms in total. The minimum Gasteiger partial charge on any atom is -0.480 e. The number of aliphatic carboxylic acids is 1. The van der Waals surface area contributed by atoms with Crippen molar-refractivity contribution in [3.63, 3.8) is 0 Å². The Labute approximate surface area is 74.6 Å². The van der Waals surface area contributed by atoms with Crippen molar-refractivity contribution in [1.82, 2.24) is 0 Å². The van der Waals surface area contributed by atoms with Crippen molar-refractivity contribution in [2.75, 3.05) is 11.5 Å². The van der Waals surface area contributed by atoms with Crippen LogP contribution in [0.15, 0.2) is 0 Å². The van der Waals surface area contributed by atoms with Crippen LogP contribution in [-0.2, 0) is 13.7 Å². The van der Waals surface area contributed by atoms with E-state index in [1.807, 2.05) is 0 Å². The van der Waals surface area contributed by atoms with Gasteiger partial charge < -0.3 is 10.8 Å². The minimum absolute atomic E-state index is 0.00991. The van der Waals surface area contributed by atoms with Gasteiger partial charge in [0.1, 0.15) is 6.04 Å². The molecule has 0 heterocycles. The van der Waals surface area contributed by atoms with Crippen LogP contribution in [0.5, 0.6) is 0 Å². The zero-order valence-corrected chi connectivity index (χ0v) is 8.19. The second kappa shape index (κ2) is 4.68. The highest BCUT2D eigenvalue weighted by atomic mass is 33.1. The molecule has 0 rings (SSSR count). The molecule has 0 aliphatic rings. The van der Waals surface area contributed by atoms with Gasteiger partial charge in [0, 0.05) is 5.75 Å². The van der Waals surface area contributed by atoms with Crippen molar-refractivity contribution in [3.05, 3.63) is 0 Å². The number of nitrogens with two attached hydrogens (primary N) is 1. The molecular formula is C5H11NO4S2. The number of rotatable bonds is 5. The van der Waals surface area contributed by atoms with Gasteiger partial charge in [-0.1, -0.05) is 6.92 Å². The van der Waals surface area contributed by atoms with E-state index < -0.39 is 20.9 Å². The lowest BCUT2D eigenvalue weighted by atomic mass is 10.4. The molecule has 0 bridgehead atoms. The molecule has 0 aromatic carbocycles. The van der Waals surface area contributed by atoms with E-state index in [1.54, 1.807) is 0 Å². The Balaban J connectivity index is 3.92. The van der Waals surface area contributed by atoms with Crippen molar-refractivity contribution in [2.45, 2.75) is 13.0 Å². The molecule has 0 saturated carbocycles. The zero-order chi connectivity index (χ0) is 9.78.